The molecular formula is C29H24N5P. The molecule has 0 saturated carbocycles. The third-order valence-corrected chi connectivity index (χ3v) is 10.0. The number of benzene rings is 3. The number of aromatic nitrogens is 4. The van der Waals surface area contributed by atoms with Crippen molar-refractivity contribution in [2.75, 3.05) is 0 Å². The van der Waals surface area contributed by atoms with Crippen molar-refractivity contribution in [2.24, 2.45) is 11.8 Å². The predicted molar refractivity (Wildman–Crippen MR) is 146 cm³/mol. The van der Waals surface area contributed by atoms with E-state index in [-0.39, 0.29) is 0 Å². The molecule has 170 valence electrons. The van der Waals surface area contributed by atoms with E-state index in [1.807, 2.05) is 38.2 Å². The fourth-order valence-corrected chi connectivity index (χ4v) is 8.14. The normalized spacial score (nSPS) is 11.7. The second-order valence-electron chi connectivity index (χ2n) is 8.47. The third kappa shape index (κ3) is 3.48. The Morgan fingerprint density at radius 3 is 1.77 bits per heavy atom. The molecule has 6 aromatic rings. The first-order valence-electron chi connectivity index (χ1n) is 11.6. The first kappa shape index (κ1) is 21.5. The van der Waals surface area contributed by atoms with Crippen LogP contribution in [-0.4, -0.2) is 19.5 Å². The summed E-state index contributed by atoms with van der Waals surface area (Å²) < 4.78 is 7.72. The molecule has 6 heteroatoms. The number of nitrogens with zero attached hydrogens (tertiary/aromatic N) is 5. The largest absolute Gasteiger partial charge is 0.331 e. The van der Waals surface area contributed by atoms with Gasteiger partial charge in [0.2, 0.25) is 0 Å². The molecule has 0 radical (unpaired) electrons. The molecule has 5 nitrogen and oxygen atoms in total. The maximum absolute atomic E-state index is 5.62. The average molecular weight is 474 g/mol. The number of hydrogen-bond donors (Lipinski definition) is 0. The van der Waals surface area contributed by atoms with Crippen molar-refractivity contribution >= 4 is 50.9 Å². The molecule has 0 saturated heterocycles. The quantitative estimate of drug-likeness (QED) is 0.312. The second kappa shape index (κ2) is 8.61. The first-order chi connectivity index (χ1) is 17.2. The van der Waals surface area contributed by atoms with Crippen molar-refractivity contribution in [1.29, 1.82) is 0 Å². The Hall–Kier alpha value is -4.08. The minimum absolute atomic E-state index is 0.625. The van der Waals surface area contributed by atoms with E-state index >= 15 is 0 Å². The van der Waals surface area contributed by atoms with E-state index in [1.165, 1.54) is 15.9 Å². The molecule has 0 fully saturated rings. The SMILES string of the molecule is Cc1nc2c(N=P(c3ccccc3)(c3ccccc3)c3ccccc3)nc3ncccc3c2n1C. The van der Waals surface area contributed by atoms with Crippen molar-refractivity contribution in [3.8, 4) is 0 Å². The molecule has 0 N–H and O–H groups in total. The van der Waals surface area contributed by atoms with Gasteiger partial charge in [-0.25, -0.2) is 19.7 Å². The molecule has 0 bridgehead atoms. The van der Waals surface area contributed by atoms with Gasteiger partial charge in [0.05, 0.1) is 12.6 Å². The van der Waals surface area contributed by atoms with Crippen molar-refractivity contribution in [2.45, 2.75) is 6.92 Å². The lowest BCUT2D eigenvalue weighted by Crippen LogP contribution is -2.25. The molecule has 0 spiro atoms. The van der Waals surface area contributed by atoms with Crippen LogP contribution in [-0.2, 0) is 7.05 Å². The Labute approximate surface area is 204 Å². The highest BCUT2D eigenvalue weighted by molar-refractivity contribution is 7.87. The van der Waals surface area contributed by atoms with Crippen molar-refractivity contribution in [3.05, 3.63) is 115 Å². The maximum Gasteiger partial charge on any atom is 0.182 e. The lowest BCUT2D eigenvalue weighted by molar-refractivity contribution is 0.888. The topological polar surface area (TPSA) is 56.0 Å². The van der Waals surface area contributed by atoms with Crippen LogP contribution in [0.3, 0.4) is 0 Å². The van der Waals surface area contributed by atoms with E-state index in [0.717, 1.165) is 22.2 Å². The molecule has 0 atom stereocenters. The fourth-order valence-electron chi connectivity index (χ4n) is 4.66. The Morgan fingerprint density at radius 1 is 0.686 bits per heavy atom. The summed E-state index contributed by atoms with van der Waals surface area (Å²) >= 11 is 0. The Morgan fingerprint density at radius 2 is 1.23 bits per heavy atom. The average Bonchev–Trinajstić information content (AvgIpc) is 3.23. The van der Waals surface area contributed by atoms with Gasteiger partial charge in [-0.3, -0.25) is 0 Å². The number of hydrogen-bond acceptors (Lipinski definition) is 4. The highest BCUT2D eigenvalue weighted by Gasteiger charge is 2.29. The molecular weight excluding hydrogens is 449 g/mol. The fraction of sp³-hybridized carbons (Fsp3) is 0.0690. The van der Waals surface area contributed by atoms with E-state index in [0.29, 0.717) is 11.5 Å². The van der Waals surface area contributed by atoms with Crippen LogP contribution in [0.15, 0.2) is 114 Å². The van der Waals surface area contributed by atoms with E-state index in [4.69, 9.17) is 14.7 Å². The zero-order valence-electron chi connectivity index (χ0n) is 19.6. The number of aryl methyl sites for hydroxylation is 2. The van der Waals surface area contributed by atoms with Crippen LogP contribution >= 0.6 is 7.05 Å². The highest BCUT2D eigenvalue weighted by Crippen LogP contribution is 2.50. The molecule has 3 heterocycles. The third-order valence-electron chi connectivity index (χ3n) is 6.42. The molecule has 35 heavy (non-hydrogen) atoms. The summed E-state index contributed by atoms with van der Waals surface area (Å²) in [5, 5.41) is 4.48. The van der Waals surface area contributed by atoms with Crippen LogP contribution in [0.4, 0.5) is 5.82 Å². The standard InChI is InChI=1S/C29H24N5P/c1-21-31-26-27(34(21)2)25-19-12-20-30-28(25)32-29(26)33-35(22-13-6-3-7-14-22,23-15-8-4-9-16-23)24-17-10-5-11-18-24/h3-20H,1-2H3. The highest BCUT2D eigenvalue weighted by atomic mass is 31.2. The van der Waals surface area contributed by atoms with Crippen molar-refractivity contribution in [1.82, 2.24) is 19.5 Å². The van der Waals surface area contributed by atoms with E-state index in [2.05, 4.69) is 88.4 Å². The van der Waals surface area contributed by atoms with Gasteiger partial charge in [-0.05, 0) is 19.1 Å². The first-order valence-corrected chi connectivity index (χ1v) is 13.3. The summed E-state index contributed by atoms with van der Waals surface area (Å²) in [5.41, 5.74) is 2.48. The van der Waals surface area contributed by atoms with E-state index < -0.39 is 7.05 Å². The molecule has 0 aliphatic carbocycles. The predicted octanol–water partition coefficient (Wildman–Crippen LogP) is 5.63. The number of imidazole rings is 1. The molecule has 3 aromatic carbocycles. The number of pyridine rings is 2. The second-order valence-corrected chi connectivity index (χ2v) is 11.5. The lowest BCUT2D eigenvalue weighted by Gasteiger charge is -2.26. The summed E-state index contributed by atoms with van der Waals surface area (Å²) in [6.07, 6.45) is 1.78. The van der Waals surface area contributed by atoms with Gasteiger partial charge < -0.3 is 4.57 Å². The van der Waals surface area contributed by atoms with Gasteiger partial charge >= 0.3 is 0 Å². The van der Waals surface area contributed by atoms with Crippen LogP contribution in [0.1, 0.15) is 5.82 Å². The minimum atomic E-state index is -2.48. The van der Waals surface area contributed by atoms with E-state index in [1.54, 1.807) is 6.20 Å². The van der Waals surface area contributed by atoms with Gasteiger partial charge in [0.25, 0.3) is 0 Å². The number of fused-ring (bicyclic) bond motifs is 3. The van der Waals surface area contributed by atoms with Crippen LogP contribution in [0.5, 0.6) is 0 Å². The molecule has 0 aliphatic rings. The number of rotatable bonds is 4. The zero-order valence-corrected chi connectivity index (χ0v) is 20.5. The van der Waals surface area contributed by atoms with Crippen molar-refractivity contribution in [3.63, 3.8) is 0 Å². The maximum atomic E-state index is 5.62. The summed E-state index contributed by atoms with van der Waals surface area (Å²) in [7, 11) is -0.441. The van der Waals surface area contributed by atoms with Crippen molar-refractivity contribution < 1.29 is 0 Å². The van der Waals surface area contributed by atoms with Gasteiger partial charge in [0.1, 0.15) is 11.3 Å². The van der Waals surface area contributed by atoms with Gasteiger partial charge in [0.15, 0.2) is 11.5 Å². The van der Waals surface area contributed by atoms with Crippen LogP contribution in [0.25, 0.3) is 22.1 Å². The summed E-state index contributed by atoms with van der Waals surface area (Å²) in [4.78, 5) is 14.5. The summed E-state index contributed by atoms with van der Waals surface area (Å²) in [6, 6.07) is 35.7. The van der Waals surface area contributed by atoms with Crippen LogP contribution in [0, 0.1) is 6.92 Å². The molecule has 0 aliphatic heterocycles. The smallest absolute Gasteiger partial charge is 0.182 e. The van der Waals surface area contributed by atoms with Crippen LogP contribution < -0.4 is 15.9 Å². The van der Waals surface area contributed by atoms with Gasteiger partial charge in [-0.2, -0.15) is 0 Å². The minimum Gasteiger partial charge on any atom is -0.331 e. The Kier molecular flexibility index (Phi) is 5.28. The monoisotopic (exact) mass is 473 g/mol. The molecule has 0 amide bonds. The van der Waals surface area contributed by atoms with Gasteiger partial charge in [0, 0.05) is 34.5 Å². The molecule has 3 aromatic heterocycles. The lowest BCUT2D eigenvalue weighted by atomic mass is 10.2. The molecule has 0 unspecified atom stereocenters. The van der Waals surface area contributed by atoms with Crippen LogP contribution in [0.2, 0.25) is 0 Å². The summed E-state index contributed by atoms with van der Waals surface area (Å²) in [5.74, 6) is 1.54. The Balaban J connectivity index is 1.83. The van der Waals surface area contributed by atoms with Gasteiger partial charge in [-0.15, -0.1) is 0 Å². The van der Waals surface area contributed by atoms with Gasteiger partial charge in [-0.1, -0.05) is 91.0 Å². The molecule has 6 rings (SSSR count). The Bertz CT molecular complexity index is 1610. The van der Waals surface area contributed by atoms with E-state index in [9.17, 15) is 0 Å². The zero-order chi connectivity index (χ0) is 23.8. The summed E-state index contributed by atoms with van der Waals surface area (Å²) in [6.45, 7) is 2.01.